The Kier molecular flexibility index (Phi) is 4.04. The summed E-state index contributed by atoms with van der Waals surface area (Å²) in [7, 11) is 0. The minimum absolute atomic E-state index is 0.153. The van der Waals surface area contributed by atoms with Crippen molar-refractivity contribution in [1.29, 1.82) is 0 Å². The van der Waals surface area contributed by atoms with Gasteiger partial charge in [-0.3, -0.25) is 4.98 Å². The van der Waals surface area contributed by atoms with E-state index in [1.165, 1.54) is 18.3 Å². The minimum atomic E-state index is -1.39. The van der Waals surface area contributed by atoms with Gasteiger partial charge in [0.15, 0.2) is 5.82 Å². The van der Waals surface area contributed by atoms with Gasteiger partial charge in [-0.1, -0.05) is 4.40 Å². The molecule has 0 aromatic carbocycles. The van der Waals surface area contributed by atoms with Crippen molar-refractivity contribution in [3.63, 3.8) is 0 Å². The van der Waals surface area contributed by atoms with E-state index in [4.69, 9.17) is 0 Å². The van der Waals surface area contributed by atoms with Gasteiger partial charge in [0.05, 0.1) is 0 Å². The maximum absolute atomic E-state index is 13.3. The van der Waals surface area contributed by atoms with Gasteiger partial charge in [-0.05, 0) is 39.8 Å². The lowest BCUT2D eigenvalue weighted by atomic mass is 10.2. The molecule has 0 bridgehead atoms. The maximum Gasteiger partial charge on any atom is 0.150 e. The van der Waals surface area contributed by atoms with Crippen molar-refractivity contribution in [1.82, 2.24) is 4.98 Å². The highest BCUT2D eigenvalue weighted by Gasteiger charge is 2.27. The van der Waals surface area contributed by atoms with Crippen molar-refractivity contribution in [2.45, 2.75) is 32.4 Å². The van der Waals surface area contributed by atoms with Crippen LogP contribution in [0.15, 0.2) is 22.7 Å². The van der Waals surface area contributed by atoms with Crippen LogP contribution in [0.4, 0.5) is 4.39 Å². The summed E-state index contributed by atoms with van der Waals surface area (Å²) in [5.74, 6) is -0.449. The van der Waals surface area contributed by atoms with Crippen molar-refractivity contribution in [2.24, 2.45) is 4.40 Å². The zero-order valence-electron chi connectivity index (χ0n) is 9.82. The van der Waals surface area contributed by atoms with Gasteiger partial charge < -0.3 is 4.55 Å². The fourth-order valence-corrected chi connectivity index (χ4v) is 1.57. The van der Waals surface area contributed by atoms with Crippen LogP contribution in [0.5, 0.6) is 0 Å². The van der Waals surface area contributed by atoms with E-state index in [1.54, 1.807) is 6.92 Å². The number of hydrogen-bond donors (Lipinski definition) is 0. The summed E-state index contributed by atoms with van der Waals surface area (Å²) >= 11 is -1.39. The molecule has 5 heteroatoms. The van der Waals surface area contributed by atoms with Gasteiger partial charge in [-0.15, -0.1) is 0 Å². The molecule has 0 saturated heterocycles. The molecule has 1 unspecified atom stereocenters. The number of aromatic nitrogens is 1. The second-order valence-electron chi connectivity index (χ2n) is 4.37. The third-order valence-corrected chi connectivity index (χ3v) is 3.33. The summed E-state index contributed by atoms with van der Waals surface area (Å²) in [6.45, 7) is 7.05. The highest BCUT2D eigenvalue weighted by atomic mass is 32.2. The second-order valence-corrected chi connectivity index (χ2v) is 6.28. The van der Waals surface area contributed by atoms with Gasteiger partial charge in [0.2, 0.25) is 0 Å². The summed E-state index contributed by atoms with van der Waals surface area (Å²) in [5, 5.41) is 0. The third kappa shape index (κ3) is 3.28. The van der Waals surface area contributed by atoms with Crippen molar-refractivity contribution in [3.05, 3.63) is 29.8 Å². The van der Waals surface area contributed by atoms with E-state index >= 15 is 0 Å². The largest absolute Gasteiger partial charge is 0.591 e. The Morgan fingerprint density at radius 3 is 2.62 bits per heavy atom. The Morgan fingerprint density at radius 2 is 2.12 bits per heavy atom. The van der Waals surface area contributed by atoms with Crippen molar-refractivity contribution in [3.8, 4) is 0 Å². The van der Waals surface area contributed by atoms with Crippen LogP contribution in [0.3, 0.4) is 0 Å². The summed E-state index contributed by atoms with van der Waals surface area (Å²) < 4.78 is 28.6. The average Bonchev–Trinajstić information content (AvgIpc) is 2.16. The van der Waals surface area contributed by atoms with Crippen LogP contribution >= 0.6 is 0 Å². The third-order valence-electron chi connectivity index (χ3n) is 1.84. The molecule has 0 aliphatic carbocycles. The predicted octanol–water partition coefficient (Wildman–Crippen LogP) is 2.49. The van der Waals surface area contributed by atoms with Crippen LogP contribution in [0.1, 0.15) is 33.4 Å². The number of hydrogen-bond acceptors (Lipinski definition) is 3. The molecule has 0 N–H and O–H groups in total. The molecule has 1 heterocycles. The first-order valence-electron chi connectivity index (χ1n) is 4.90. The van der Waals surface area contributed by atoms with Crippen LogP contribution in [0.2, 0.25) is 0 Å². The Hall–Kier alpha value is -0.940. The molecule has 1 atom stereocenters. The van der Waals surface area contributed by atoms with Crippen molar-refractivity contribution >= 4 is 17.1 Å². The predicted molar refractivity (Wildman–Crippen MR) is 64.3 cm³/mol. The minimum Gasteiger partial charge on any atom is -0.591 e. The van der Waals surface area contributed by atoms with E-state index in [0.717, 1.165) is 0 Å². The number of halogens is 1. The molecule has 0 aliphatic heterocycles. The smallest absolute Gasteiger partial charge is 0.150 e. The van der Waals surface area contributed by atoms with Crippen LogP contribution in [0, 0.1) is 5.82 Å². The summed E-state index contributed by atoms with van der Waals surface area (Å²) in [6, 6.07) is 2.81. The highest BCUT2D eigenvalue weighted by Crippen LogP contribution is 2.18. The Labute approximate surface area is 98.1 Å². The quantitative estimate of drug-likeness (QED) is 0.591. The Bertz CT molecular complexity index is 401. The molecule has 1 rings (SSSR count). The first kappa shape index (κ1) is 13.1. The van der Waals surface area contributed by atoms with Crippen LogP contribution in [0.25, 0.3) is 0 Å². The van der Waals surface area contributed by atoms with E-state index in [0.29, 0.717) is 5.71 Å². The van der Waals surface area contributed by atoms with Gasteiger partial charge >= 0.3 is 0 Å². The van der Waals surface area contributed by atoms with E-state index in [1.807, 2.05) is 20.8 Å². The van der Waals surface area contributed by atoms with Gasteiger partial charge in [0.25, 0.3) is 0 Å². The monoisotopic (exact) mass is 242 g/mol. The molecule has 0 radical (unpaired) electrons. The molecule has 0 amide bonds. The number of nitrogens with zero attached hydrogens (tertiary/aromatic N) is 2. The standard InChI is InChI=1S/C11H15FN2OS/c1-8(14-16(15)11(2,3)4)10-9(12)6-5-7-13-10/h5-7H,1-4H3. The lowest BCUT2D eigenvalue weighted by molar-refractivity contribution is 0.561. The van der Waals surface area contributed by atoms with E-state index in [9.17, 15) is 8.94 Å². The molecule has 16 heavy (non-hydrogen) atoms. The summed E-state index contributed by atoms with van der Waals surface area (Å²) in [5.41, 5.74) is 0.506. The van der Waals surface area contributed by atoms with Crippen molar-refractivity contribution in [2.75, 3.05) is 0 Å². The summed E-state index contributed by atoms with van der Waals surface area (Å²) in [4.78, 5) is 3.87. The van der Waals surface area contributed by atoms with Gasteiger partial charge in [-0.2, -0.15) is 0 Å². The van der Waals surface area contributed by atoms with Crippen LogP contribution in [-0.4, -0.2) is 20.0 Å². The van der Waals surface area contributed by atoms with Gasteiger partial charge in [0.1, 0.15) is 27.5 Å². The van der Waals surface area contributed by atoms with Gasteiger partial charge in [0, 0.05) is 6.20 Å². The SMILES string of the molecule is CC(=N[S+]([O-])C(C)(C)C)c1ncccc1F. The molecular formula is C11H15FN2OS. The summed E-state index contributed by atoms with van der Waals surface area (Å²) in [6.07, 6.45) is 1.48. The topological polar surface area (TPSA) is 48.3 Å². The molecule has 1 aromatic heterocycles. The Morgan fingerprint density at radius 1 is 1.50 bits per heavy atom. The molecule has 3 nitrogen and oxygen atoms in total. The van der Waals surface area contributed by atoms with Crippen molar-refractivity contribution < 1.29 is 8.94 Å². The van der Waals surface area contributed by atoms with Gasteiger partial charge in [-0.25, -0.2) is 4.39 Å². The average molecular weight is 242 g/mol. The molecule has 1 aromatic rings. The van der Waals surface area contributed by atoms with E-state index in [2.05, 4.69) is 9.38 Å². The zero-order chi connectivity index (χ0) is 12.3. The molecule has 88 valence electrons. The lowest BCUT2D eigenvalue weighted by Crippen LogP contribution is -2.27. The van der Waals surface area contributed by atoms with E-state index in [-0.39, 0.29) is 5.69 Å². The second kappa shape index (κ2) is 4.93. The molecule has 0 spiro atoms. The molecular weight excluding hydrogens is 227 g/mol. The normalized spacial score (nSPS) is 15.0. The molecule has 0 saturated carbocycles. The maximum atomic E-state index is 13.3. The van der Waals surface area contributed by atoms with Crippen LogP contribution in [-0.2, 0) is 11.4 Å². The first-order chi connectivity index (χ1) is 7.32. The highest BCUT2D eigenvalue weighted by molar-refractivity contribution is 7.91. The Balaban J connectivity index is 2.99. The number of rotatable bonds is 2. The van der Waals surface area contributed by atoms with Crippen LogP contribution < -0.4 is 0 Å². The number of pyridine rings is 1. The first-order valence-corrected chi connectivity index (χ1v) is 6.01. The fourth-order valence-electron chi connectivity index (χ4n) is 0.956. The molecule has 0 fully saturated rings. The fraction of sp³-hybridized carbons (Fsp3) is 0.455. The van der Waals surface area contributed by atoms with E-state index < -0.39 is 21.9 Å². The molecule has 0 aliphatic rings. The zero-order valence-corrected chi connectivity index (χ0v) is 10.6. The lowest BCUT2D eigenvalue weighted by Gasteiger charge is -2.18.